The largest absolute Gasteiger partial charge is 0.375 e. The maximum Gasteiger partial charge on any atom is 0.121 e. The molecule has 0 bridgehead atoms. The van der Waals surface area contributed by atoms with Gasteiger partial charge in [0.1, 0.15) is 6.23 Å². The van der Waals surface area contributed by atoms with E-state index >= 15 is 0 Å². The molecular formula is C6H13NO. The lowest BCUT2D eigenvalue weighted by Crippen LogP contribution is -2.14. The number of aliphatic hydroxyl groups excluding tert-OH is 1. The van der Waals surface area contributed by atoms with Crippen LogP contribution in [0.1, 0.15) is 13.8 Å². The first kappa shape index (κ1) is 7.66. The van der Waals surface area contributed by atoms with Gasteiger partial charge in [-0.3, -0.25) is 0 Å². The van der Waals surface area contributed by atoms with Crippen LogP contribution in [0.4, 0.5) is 0 Å². The second kappa shape index (κ2) is 3.64. The summed E-state index contributed by atoms with van der Waals surface area (Å²) in [6, 6.07) is 0. The molecule has 0 saturated heterocycles. The lowest BCUT2D eigenvalue weighted by molar-refractivity contribution is 0.231. The van der Waals surface area contributed by atoms with Crippen LogP contribution in [0.2, 0.25) is 0 Å². The maximum absolute atomic E-state index is 8.49. The van der Waals surface area contributed by atoms with Crippen LogP contribution >= 0.6 is 0 Å². The smallest absolute Gasteiger partial charge is 0.121 e. The third-order valence-electron chi connectivity index (χ3n) is 0.693. The second-order valence-electron chi connectivity index (χ2n) is 2.12. The lowest BCUT2D eigenvalue weighted by Gasteiger charge is -1.95. The summed E-state index contributed by atoms with van der Waals surface area (Å²) in [4.78, 5) is 0. The quantitative estimate of drug-likeness (QED) is 0.406. The first-order valence-electron chi connectivity index (χ1n) is 2.75. The van der Waals surface area contributed by atoms with Gasteiger partial charge in [0.05, 0.1) is 0 Å². The van der Waals surface area contributed by atoms with Crippen LogP contribution in [0.3, 0.4) is 0 Å². The Labute approximate surface area is 50.0 Å². The van der Waals surface area contributed by atoms with Gasteiger partial charge < -0.3 is 10.8 Å². The molecule has 2 nitrogen and oxygen atoms in total. The van der Waals surface area contributed by atoms with Crippen molar-refractivity contribution in [2.75, 3.05) is 0 Å². The molecule has 0 aliphatic carbocycles. The van der Waals surface area contributed by atoms with Gasteiger partial charge in [-0.2, -0.15) is 0 Å². The van der Waals surface area contributed by atoms with Crippen molar-refractivity contribution in [3.05, 3.63) is 12.2 Å². The Morgan fingerprint density at radius 1 is 1.38 bits per heavy atom. The van der Waals surface area contributed by atoms with Crippen molar-refractivity contribution < 1.29 is 5.11 Å². The molecule has 0 aromatic carbocycles. The van der Waals surface area contributed by atoms with Crippen LogP contribution in [-0.2, 0) is 0 Å². The Hall–Kier alpha value is -0.340. The summed E-state index contributed by atoms with van der Waals surface area (Å²) in [5.41, 5.74) is 5.01. The van der Waals surface area contributed by atoms with E-state index in [-0.39, 0.29) is 0 Å². The molecule has 1 atom stereocenters. The van der Waals surface area contributed by atoms with E-state index in [2.05, 4.69) is 0 Å². The SMILES string of the molecule is CC(C)C=CC(N)O. The van der Waals surface area contributed by atoms with Crippen LogP contribution < -0.4 is 5.73 Å². The molecule has 0 aliphatic rings. The van der Waals surface area contributed by atoms with E-state index in [1.54, 1.807) is 6.08 Å². The molecule has 0 aromatic heterocycles. The van der Waals surface area contributed by atoms with E-state index in [9.17, 15) is 0 Å². The predicted octanol–water partition coefficient (Wildman–Crippen LogP) is 0.476. The highest BCUT2D eigenvalue weighted by Crippen LogP contribution is 1.92. The summed E-state index contributed by atoms with van der Waals surface area (Å²) < 4.78 is 0. The molecule has 0 radical (unpaired) electrons. The van der Waals surface area contributed by atoms with Gasteiger partial charge in [-0.15, -0.1) is 0 Å². The van der Waals surface area contributed by atoms with Gasteiger partial charge in [0.15, 0.2) is 0 Å². The van der Waals surface area contributed by atoms with Gasteiger partial charge in [-0.25, -0.2) is 0 Å². The third-order valence-corrected chi connectivity index (χ3v) is 0.693. The van der Waals surface area contributed by atoms with Crippen molar-refractivity contribution in [2.24, 2.45) is 11.7 Å². The highest BCUT2D eigenvalue weighted by molar-refractivity contribution is 4.87. The van der Waals surface area contributed by atoms with E-state index in [0.29, 0.717) is 5.92 Å². The molecule has 0 fully saturated rings. The summed E-state index contributed by atoms with van der Waals surface area (Å²) in [6.07, 6.45) is 2.65. The average Bonchev–Trinajstić information content (AvgIpc) is 1.61. The number of hydrogen-bond acceptors (Lipinski definition) is 2. The number of nitrogens with two attached hydrogens (primary N) is 1. The van der Waals surface area contributed by atoms with E-state index in [0.717, 1.165) is 0 Å². The van der Waals surface area contributed by atoms with Crippen LogP contribution in [-0.4, -0.2) is 11.3 Å². The fraction of sp³-hybridized carbons (Fsp3) is 0.667. The molecule has 0 spiro atoms. The summed E-state index contributed by atoms with van der Waals surface area (Å²) in [5, 5.41) is 8.49. The standard InChI is InChI=1S/C6H13NO/c1-5(2)3-4-6(7)8/h3-6,8H,7H2,1-2H3. The van der Waals surface area contributed by atoms with Crippen molar-refractivity contribution in [3.63, 3.8) is 0 Å². The van der Waals surface area contributed by atoms with E-state index < -0.39 is 6.23 Å². The van der Waals surface area contributed by atoms with Gasteiger partial charge in [-0.05, 0) is 12.0 Å². The number of hydrogen-bond donors (Lipinski definition) is 2. The highest BCUT2D eigenvalue weighted by Gasteiger charge is 1.86. The zero-order valence-corrected chi connectivity index (χ0v) is 5.33. The number of allylic oxidation sites excluding steroid dienone is 1. The van der Waals surface area contributed by atoms with Crippen molar-refractivity contribution in [3.8, 4) is 0 Å². The van der Waals surface area contributed by atoms with Gasteiger partial charge in [0.2, 0.25) is 0 Å². The molecule has 2 heteroatoms. The monoisotopic (exact) mass is 115 g/mol. The first-order chi connectivity index (χ1) is 3.63. The minimum Gasteiger partial charge on any atom is -0.375 e. The Balaban J connectivity index is 3.34. The van der Waals surface area contributed by atoms with Gasteiger partial charge in [0.25, 0.3) is 0 Å². The van der Waals surface area contributed by atoms with E-state index in [1.165, 1.54) is 0 Å². The van der Waals surface area contributed by atoms with Crippen LogP contribution in [0.15, 0.2) is 12.2 Å². The van der Waals surface area contributed by atoms with E-state index in [1.807, 2.05) is 19.9 Å². The average molecular weight is 115 g/mol. The van der Waals surface area contributed by atoms with Crippen LogP contribution in [0.25, 0.3) is 0 Å². The minimum absolute atomic E-state index is 0.466. The second-order valence-corrected chi connectivity index (χ2v) is 2.12. The topological polar surface area (TPSA) is 46.2 Å². The summed E-state index contributed by atoms with van der Waals surface area (Å²) >= 11 is 0. The zero-order chi connectivity index (χ0) is 6.57. The molecule has 0 aromatic rings. The fourth-order valence-corrected chi connectivity index (χ4v) is 0.336. The molecule has 48 valence electrons. The molecule has 0 aliphatic heterocycles. The fourth-order valence-electron chi connectivity index (χ4n) is 0.336. The van der Waals surface area contributed by atoms with E-state index in [4.69, 9.17) is 10.8 Å². The lowest BCUT2D eigenvalue weighted by atomic mass is 10.2. The normalized spacial score (nSPS) is 15.6. The molecule has 8 heavy (non-hydrogen) atoms. The van der Waals surface area contributed by atoms with Gasteiger partial charge in [-0.1, -0.05) is 19.9 Å². The zero-order valence-electron chi connectivity index (χ0n) is 5.33. The molecule has 3 N–H and O–H groups in total. The van der Waals surface area contributed by atoms with Crippen molar-refractivity contribution in [1.29, 1.82) is 0 Å². The Morgan fingerprint density at radius 3 is 2.00 bits per heavy atom. The molecule has 0 heterocycles. The third kappa shape index (κ3) is 5.66. The number of aliphatic hydroxyl groups is 1. The van der Waals surface area contributed by atoms with Crippen LogP contribution in [0, 0.1) is 5.92 Å². The molecule has 0 saturated carbocycles. The predicted molar refractivity (Wildman–Crippen MR) is 34.2 cm³/mol. The highest BCUT2D eigenvalue weighted by atomic mass is 16.3. The molecule has 0 amide bonds. The Morgan fingerprint density at radius 2 is 1.88 bits per heavy atom. The Kier molecular flexibility index (Phi) is 3.48. The summed E-state index contributed by atoms with van der Waals surface area (Å²) in [7, 11) is 0. The molecular weight excluding hydrogens is 102 g/mol. The minimum atomic E-state index is -0.794. The van der Waals surface area contributed by atoms with Crippen LogP contribution in [0.5, 0.6) is 0 Å². The van der Waals surface area contributed by atoms with Crippen molar-refractivity contribution in [2.45, 2.75) is 20.1 Å². The summed E-state index contributed by atoms with van der Waals surface area (Å²) in [5.74, 6) is 0.466. The molecule has 1 unspecified atom stereocenters. The summed E-state index contributed by atoms with van der Waals surface area (Å²) in [6.45, 7) is 4.05. The van der Waals surface area contributed by atoms with Gasteiger partial charge in [0, 0.05) is 0 Å². The van der Waals surface area contributed by atoms with Crippen molar-refractivity contribution in [1.82, 2.24) is 0 Å². The Bertz CT molecular complexity index is 66.6. The number of rotatable bonds is 2. The van der Waals surface area contributed by atoms with Gasteiger partial charge >= 0.3 is 0 Å². The first-order valence-corrected chi connectivity index (χ1v) is 2.75. The van der Waals surface area contributed by atoms with Crippen molar-refractivity contribution >= 4 is 0 Å². The maximum atomic E-state index is 8.49. The molecule has 0 rings (SSSR count).